The molecule has 0 saturated heterocycles. The Morgan fingerprint density at radius 2 is 0.558 bits per heavy atom. The molecule has 506 valence electrons. The number of esters is 4. The van der Waals surface area contributed by atoms with E-state index in [4.69, 9.17) is 37.0 Å². The van der Waals surface area contributed by atoms with Crippen LogP contribution in [0.4, 0.5) is 0 Å². The summed E-state index contributed by atoms with van der Waals surface area (Å²) < 4.78 is 68.0. The number of carbonyl (C=O) groups is 4. The molecule has 3 N–H and O–H groups in total. The number of aliphatic hydroxyl groups excluding tert-OH is 1. The van der Waals surface area contributed by atoms with Crippen molar-refractivity contribution in [2.24, 2.45) is 0 Å². The molecule has 5 atom stereocenters. The molecule has 0 saturated carbocycles. The molecular formula is C67H126O17P2. The Hall–Kier alpha value is -2.46. The maximum Gasteiger partial charge on any atom is 0.472 e. The highest BCUT2D eigenvalue weighted by molar-refractivity contribution is 7.47. The molecule has 0 aliphatic heterocycles. The number of ether oxygens (including phenoxy) is 4. The standard InChI is InChI=1S/C67H126O17P2/c1-5-9-13-17-21-25-27-29-30-32-34-38-42-46-50-54-67(72)84-63(58-78-65(70)52-48-44-40-37-33-31-28-26-22-18-14-10-6-2)60-82-86(75,76)80-56-61(68)55-79-85(73,74)81-59-62(83-66(71)53-49-45-41-36-24-20-16-12-8-4)57-77-64(69)51-47-43-39-35-23-19-15-11-7-3/h25,27,29-30,61-63,68H,5-24,26,28,31-60H2,1-4H3,(H,73,74)(H,75,76)/b27-25-,30-29-/t61-,62+,63+/m0/s1. The third-order valence-electron chi connectivity index (χ3n) is 15.0. The molecule has 2 unspecified atom stereocenters. The minimum absolute atomic E-state index is 0.0857. The summed E-state index contributed by atoms with van der Waals surface area (Å²) >= 11 is 0. The molecule has 0 rings (SSSR count). The van der Waals surface area contributed by atoms with Gasteiger partial charge < -0.3 is 33.8 Å². The second kappa shape index (κ2) is 61.4. The van der Waals surface area contributed by atoms with Crippen molar-refractivity contribution in [2.75, 3.05) is 39.6 Å². The summed E-state index contributed by atoms with van der Waals surface area (Å²) in [6.45, 7) is 4.82. The van der Waals surface area contributed by atoms with Gasteiger partial charge in [0.05, 0.1) is 26.4 Å². The number of aliphatic hydroxyl groups is 1. The van der Waals surface area contributed by atoms with Crippen molar-refractivity contribution in [1.29, 1.82) is 0 Å². The van der Waals surface area contributed by atoms with Crippen molar-refractivity contribution in [2.45, 2.75) is 341 Å². The lowest BCUT2D eigenvalue weighted by molar-refractivity contribution is -0.161. The van der Waals surface area contributed by atoms with E-state index in [2.05, 4.69) is 52.0 Å². The molecule has 0 radical (unpaired) electrons. The quantitative estimate of drug-likeness (QED) is 0.0169. The van der Waals surface area contributed by atoms with Gasteiger partial charge in [-0.1, -0.05) is 270 Å². The van der Waals surface area contributed by atoms with E-state index in [1.165, 1.54) is 141 Å². The van der Waals surface area contributed by atoms with Crippen LogP contribution in [0.15, 0.2) is 24.3 Å². The molecule has 0 aromatic heterocycles. The summed E-state index contributed by atoms with van der Waals surface area (Å²) in [5.74, 6) is -2.16. The van der Waals surface area contributed by atoms with Gasteiger partial charge in [0, 0.05) is 25.7 Å². The van der Waals surface area contributed by atoms with Gasteiger partial charge >= 0.3 is 39.5 Å². The minimum atomic E-state index is -4.95. The fourth-order valence-corrected chi connectivity index (χ4v) is 11.2. The Morgan fingerprint density at radius 3 is 0.849 bits per heavy atom. The van der Waals surface area contributed by atoms with Crippen LogP contribution in [0.1, 0.15) is 323 Å². The Labute approximate surface area is 522 Å². The third-order valence-corrected chi connectivity index (χ3v) is 16.9. The van der Waals surface area contributed by atoms with Crippen molar-refractivity contribution < 1.29 is 80.2 Å². The van der Waals surface area contributed by atoms with E-state index >= 15 is 0 Å². The first kappa shape index (κ1) is 83.5. The highest BCUT2D eigenvalue weighted by Gasteiger charge is 2.30. The van der Waals surface area contributed by atoms with Crippen LogP contribution in [0.2, 0.25) is 0 Å². The molecule has 19 heteroatoms. The monoisotopic (exact) mass is 1260 g/mol. The van der Waals surface area contributed by atoms with Crippen LogP contribution in [0.25, 0.3) is 0 Å². The molecule has 0 aliphatic carbocycles. The maximum atomic E-state index is 13.0. The molecule has 86 heavy (non-hydrogen) atoms. The zero-order valence-electron chi connectivity index (χ0n) is 54.8. The van der Waals surface area contributed by atoms with Gasteiger partial charge in [0.2, 0.25) is 0 Å². The van der Waals surface area contributed by atoms with E-state index in [0.717, 1.165) is 103 Å². The van der Waals surface area contributed by atoms with Gasteiger partial charge in [-0.25, -0.2) is 9.13 Å². The molecule has 0 spiro atoms. The maximum absolute atomic E-state index is 13.0. The van der Waals surface area contributed by atoms with Crippen LogP contribution in [0.3, 0.4) is 0 Å². The highest BCUT2D eigenvalue weighted by Crippen LogP contribution is 2.45. The van der Waals surface area contributed by atoms with Gasteiger partial charge in [0.15, 0.2) is 12.2 Å². The molecule has 0 aromatic carbocycles. The number of phosphoric ester groups is 2. The summed E-state index contributed by atoms with van der Waals surface area (Å²) in [4.78, 5) is 72.3. The summed E-state index contributed by atoms with van der Waals surface area (Å²) in [7, 11) is -9.90. The van der Waals surface area contributed by atoms with Gasteiger partial charge in [0.1, 0.15) is 19.3 Å². The molecule has 0 bridgehead atoms. The molecular weight excluding hydrogens is 1140 g/mol. The lowest BCUT2D eigenvalue weighted by atomic mass is 10.0. The second-order valence-electron chi connectivity index (χ2n) is 23.5. The lowest BCUT2D eigenvalue weighted by Crippen LogP contribution is -2.30. The first-order chi connectivity index (χ1) is 41.7. The predicted molar refractivity (Wildman–Crippen MR) is 345 cm³/mol. The minimum Gasteiger partial charge on any atom is -0.462 e. The summed E-state index contributed by atoms with van der Waals surface area (Å²) in [5.41, 5.74) is 0. The Balaban J connectivity index is 5.26. The molecule has 0 heterocycles. The number of hydrogen-bond acceptors (Lipinski definition) is 15. The Kier molecular flexibility index (Phi) is 59.6. The van der Waals surface area contributed by atoms with Crippen molar-refractivity contribution in [1.82, 2.24) is 0 Å². The third kappa shape index (κ3) is 60.5. The number of carbonyl (C=O) groups excluding carboxylic acids is 4. The van der Waals surface area contributed by atoms with Crippen LogP contribution in [-0.4, -0.2) is 96.7 Å². The number of allylic oxidation sites excluding steroid dienone is 4. The number of hydrogen-bond donors (Lipinski definition) is 3. The van der Waals surface area contributed by atoms with Crippen LogP contribution in [-0.2, 0) is 65.4 Å². The summed E-state index contributed by atoms with van der Waals surface area (Å²) in [6, 6.07) is 0. The zero-order chi connectivity index (χ0) is 63.3. The first-order valence-electron chi connectivity index (χ1n) is 34.6. The van der Waals surface area contributed by atoms with Crippen LogP contribution in [0, 0.1) is 0 Å². The smallest absolute Gasteiger partial charge is 0.462 e. The van der Waals surface area contributed by atoms with E-state index in [0.29, 0.717) is 25.7 Å². The lowest BCUT2D eigenvalue weighted by Gasteiger charge is -2.21. The molecule has 0 fully saturated rings. The normalized spacial score (nSPS) is 14.3. The topological polar surface area (TPSA) is 237 Å². The number of unbranched alkanes of at least 4 members (excludes halogenated alkanes) is 37. The SMILES string of the molecule is CCCCCC/C=C\C=C/CCCCCCCC(=O)O[C@H](COC(=O)CCCCCCCCCCCCCCC)COP(=O)(O)OC[C@@H](O)COP(=O)(O)OC[C@@H](COC(=O)CCCCCCCCCCC)OC(=O)CCCCCCCCCCC. The van der Waals surface area contributed by atoms with Gasteiger partial charge in [-0.2, -0.15) is 0 Å². The van der Waals surface area contributed by atoms with Crippen molar-refractivity contribution >= 4 is 39.5 Å². The molecule has 0 aromatic rings. The van der Waals surface area contributed by atoms with Crippen molar-refractivity contribution in [3.05, 3.63) is 24.3 Å². The van der Waals surface area contributed by atoms with E-state index in [1.807, 2.05) is 0 Å². The molecule has 17 nitrogen and oxygen atoms in total. The van der Waals surface area contributed by atoms with Crippen molar-refractivity contribution in [3.63, 3.8) is 0 Å². The predicted octanol–water partition coefficient (Wildman–Crippen LogP) is 18.7. The van der Waals surface area contributed by atoms with E-state index in [9.17, 15) is 43.2 Å². The van der Waals surface area contributed by atoms with Gasteiger partial charge in [0.25, 0.3) is 0 Å². The molecule has 0 aliphatic rings. The largest absolute Gasteiger partial charge is 0.472 e. The zero-order valence-corrected chi connectivity index (χ0v) is 56.6. The fourth-order valence-electron chi connectivity index (χ4n) is 9.62. The second-order valence-corrected chi connectivity index (χ2v) is 26.4. The van der Waals surface area contributed by atoms with Crippen molar-refractivity contribution in [3.8, 4) is 0 Å². The van der Waals surface area contributed by atoms with Gasteiger partial charge in [-0.3, -0.25) is 37.3 Å². The highest BCUT2D eigenvalue weighted by atomic mass is 31.2. The van der Waals surface area contributed by atoms with E-state index in [-0.39, 0.29) is 25.7 Å². The van der Waals surface area contributed by atoms with Gasteiger partial charge in [-0.15, -0.1) is 0 Å². The number of phosphoric acid groups is 2. The Bertz CT molecular complexity index is 1750. The van der Waals surface area contributed by atoms with E-state index in [1.54, 1.807) is 0 Å². The Morgan fingerprint density at radius 1 is 0.326 bits per heavy atom. The number of rotatable bonds is 66. The van der Waals surface area contributed by atoms with Crippen LogP contribution in [0.5, 0.6) is 0 Å². The first-order valence-corrected chi connectivity index (χ1v) is 37.6. The molecule has 0 amide bonds. The van der Waals surface area contributed by atoms with Crippen LogP contribution >= 0.6 is 15.6 Å². The summed E-state index contributed by atoms with van der Waals surface area (Å²) in [5, 5.41) is 10.5. The van der Waals surface area contributed by atoms with E-state index < -0.39 is 97.5 Å². The fraction of sp³-hybridized carbons (Fsp3) is 0.881. The van der Waals surface area contributed by atoms with Gasteiger partial charge in [-0.05, 0) is 51.4 Å². The van der Waals surface area contributed by atoms with Crippen LogP contribution < -0.4 is 0 Å². The average Bonchev–Trinajstić information content (AvgIpc) is 3.70. The summed E-state index contributed by atoms with van der Waals surface area (Å²) in [6.07, 6.45) is 50.7. The average molecular weight is 1270 g/mol.